The first-order valence-corrected chi connectivity index (χ1v) is 3.72. The molecule has 0 aliphatic carbocycles. The van der Waals surface area contributed by atoms with Crippen molar-refractivity contribution in [3.63, 3.8) is 0 Å². The maximum atomic E-state index is 6.89. The van der Waals surface area contributed by atoms with E-state index in [9.17, 15) is 0 Å². The van der Waals surface area contributed by atoms with Crippen LogP contribution < -0.4 is 0 Å². The van der Waals surface area contributed by atoms with Crippen molar-refractivity contribution in [2.75, 3.05) is 0 Å². The van der Waals surface area contributed by atoms with Gasteiger partial charge in [-0.3, -0.25) is 5.41 Å². The molecular weight excluding hydrogens is 124 g/mol. The van der Waals surface area contributed by atoms with Gasteiger partial charge in [0.25, 0.3) is 0 Å². The Labute approximate surface area is 63.9 Å². The van der Waals surface area contributed by atoms with E-state index in [4.69, 9.17) is 5.41 Å². The van der Waals surface area contributed by atoms with Gasteiger partial charge in [-0.2, -0.15) is 0 Å². The number of amidine groups is 1. The van der Waals surface area contributed by atoms with Crippen LogP contribution in [0.2, 0.25) is 0 Å². The van der Waals surface area contributed by atoms with Crippen molar-refractivity contribution >= 4 is 12.1 Å². The molecule has 0 radical (unpaired) electrons. The van der Waals surface area contributed by atoms with Crippen LogP contribution in [0.15, 0.2) is 4.99 Å². The number of hydrogen-bond acceptors (Lipinski definition) is 1. The monoisotopic (exact) mass is 142 g/mol. The van der Waals surface area contributed by atoms with Crippen LogP contribution in [-0.4, -0.2) is 12.1 Å². The summed E-state index contributed by atoms with van der Waals surface area (Å²) in [6.45, 7) is 9.73. The van der Waals surface area contributed by atoms with E-state index in [-0.39, 0.29) is 0 Å². The Balaban J connectivity index is 0. The largest absolute Gasteiger partial charge is 0.287 e. The molecule has 0 spiro atoms. The van der Waals surface area contributed by atoms with Gasteiger partial charge in [-0.15, -0.1) is 0 Å². The molecule has 0 saturated carbocycles. The summed E-state index contributed by atoms with van der Waals surface area (Å²) in [6, 6.07) is 0. The summed E-state index contributed by atoms with van der Waals surface area (Å²) in [4.78, 5) is 3.78. The van der Waals surface area contributed by atoms with Crippen molar-refractivity contribution in [3.05, 3.63) is 0 Å². The van der Waals surface area contributed by atoms with Crippen LogP contribution in [0.4, 0.5) is 0 Å². The predicted octanol–water partition coefficient (Wildman–Crippen LogP) is 2.74. The summed E-state index contributed by atoms with van der Waals surface area (Å²) in [6.07, 6.45) is 1.77. The topological polar surface area (TPSA) is 36.2 Å². The second-order valence-corrected chi connectivity index (χ2v) is 2.11. The molecule has 0 aliphatic rings. The van der Waals surface area contributed by atoms with Crippen molar-refractivity contribution in [1.29, 1.82) is 5.41 Å². The van der Waals surface area contributed by atoms with Crippen LogP contribution in [0.5, 0.6) is 0 Å². The van der Waals surface area contributed by atoms with Crippen molar-refractivity contribution in [1.82, 2.24) is 0 Å². The van der Waals surface area contributed by atoms with Gasteiger partial charge in [0.05, 0.1) is 0 Å². The van der Waals surface area contributed by atoms with E-state index in [2.05, 4.69) is 4.99 Å². The molecule has 0 aromatic heterocycles. The molecule has 0 bridgehead atoms. The maximum Gasteiger partial charge on any atom is 0.116 e. The van der Waals surface area contributed by atoms with E-state index < -0.39 is 0 Å². The zero-order valence-corrected chi connectivity index (χ0v) is 7.60. The first-order chi connectivity index (χ1) is 4.63. The van der Waals surface area contributed by atoms with Crippen LogP contribution >= 0.6 is 0 Å². The normalized spacial score (nSPS) is 9.40. The molecule has 0 heterocycles. The highest BCUT2D eigenvalue weighted by Gasteiger charge is 1.83. The minimum Gasteiger partial charge on any atom is -0.287 e. The van der Waals surface area contributed by atoms with E-state index >= 15 is 0 Å². The van der Waals surface area contributed by atoms with Crippen molar-refractivity contribution in [2.45, 2.75) is 34.6 Å². The molecule has 0 aliphatic heterocycles. The molecule has 0 rings (SSSR count). The number of rotatable bonds is 1. The molecule has 0 unspecified atom stereocenters. The van der Waals surface area contributed by atoms with Crippen molar-refractivity contribution in [3.8, 4) is 0 Å². The Morgan fingerprint density at radius 1 is 1.40 bits per heavy atom. The molecule has 0 amide bonds. The van der Waals surface area contributed by atoms with Gasteiger partial charge >= 0.3 is 0 Å². The zero-order valence-electron chi connectivity index (χ0n) is 7.60. The summed E-state index contributed by atoms with van der Waals surface area (Å²) in [5.41, 5.74) is 0. The fourth-order valence-electron chi connectivity index (χ4n) is 0.261. The molecule has 0 fully saturated rings. The van der Waals surface area contributed by atoms with Gasteiger partial charge in [0, 0.05) is 6.21 Å². The molecule has 2 nitrogen and oxygen atoms in total. The smallest absolute Gasteiger partial charge is 0.116 e. The second kappa shape index (κ2) is 8.34. The van der Waals surface area contributed by atoms with Crippen LogP contribution in [0, 0.1) is 11.3 Å². The minimum absolute atomic E-state index is 0.374. The van der Waals surface area contributed by atoms with Gasteiger partial charge in [-0.05, 0) is 12.8 Å². The van der Waals surface area contributed by atoms with Crippen LogP contribution in [-0.2, 0) is 0 Å². The summed E-state index contributed by atoms with van der Waals surface area (Å²) in [7, 11) is 0. The first kappa shape index (κ1) is 12.1. The van der Waals surface area contributed by atoms with E-state index in [1.165, 1.54) is 0 Å². The standard InChI is InChI=1S/C6H12N2.C2H6/c1-5(2)4-8-6(3)7;1-2/h4-5,7H,1-3H3;1-2H3. The van der Waals surface area contributed by atoms with Gasteiger partial charge in [0.15, 0.2) is 0 Å². The van der Waals surface area contributed by atoms with E-state index in [0.29, 0.717) is 11.8 Å². The van der Waals surface area contributed by atoms with E-state index in [1.54, 1.807) is 13.1 Å². The minimum atomic E-state index is 0.374. The molecule has 2 heteroatoms. The zero-order chi connectivity index (χ0) is 8.57. The summed E-state index contributed by atoms with van der Waals surface area (Å²) < 4.78 is 0. The SMILES string of the molecule is CC.CC(=N)N=CC(C)C. The van der Waals surface area contributed by atoms with Gasteiger partial charge in [-0.25, -0.2) is 4.99 Å². The quantitative estimate of drug-likeness (QED) is 0.431. The fraction of sp³-hybridized carbons (Fsp3) is 0.750. The highest BCUT2D eigenvalue weighted by molar-refractivity contribution is 5.85. The Hall–Kier alpha value is -0.660. The molecule has 1 N–H and O–H groups in total. The van der Waals surface area contributed by atoms with Crippen LogP contribution in [0.25, 0.3) is 0 Å². The van der Waals surface area contributed by atoms with E-state index in [0.717, 1.165) is 0 Å². The van der Waals surface area contributed by atoms with E-state index in [1.807, 2.05) is 27.7 Å². The third-order valence-corrected chi connectivity index (χ3v) is 0.566. The number of nitrogens with zero attached hydrogens (tertiary/aromatic N) is 1. The first-order valence-electron chi connectivity index (χ1n) is 3.72. The van der Waals surface area contributed by atoms with Crippen LogP contribution in [0.1, 0.15) is 34.6 Å². The average molecular weight is 142 g/mol. The Bertz CT molecular complexity index is 104. The van der Waals surface area contributed by atoms with Crippen LogP contribution in [0.3, 0.4) is 0 Å². The molecule has 60 valence electrons. The lowest BCUT2D eigenvalue weighted by molar-refractivity contribution is 0.908. The lowest BCUT2D eigenvalue weighted by Gasteiger charge is -1.89. The highest BCUT2D eigenvalue weighted by atomic mass is 14.8. The van der Waals surface area contributed by atoms with Crippen molar-refractivity contribution < 1.29 is 0 Å². The van der Waals surface area contributed by atoms with Crippen molar-refractivity contribution in [2.24, 2.45) is 10.9 Å². The summed E-state index contributed by atoms with van der Waals surface area (Å²) >= 11 is 0. The fourth-order valence-corrected chi connectivity index (χ4v) is 0.261. The van der Waals surface area contributed by atoms with Gasteiger partial charge in [0.1, 0.15) is 5.84 Å². The van der Waals surface area contributed by atoms with Gasteiger partial charge in [0.2, 0.25) is 0 Å². The van der Waals surface area contributed by atoms with Gasteiger partial charge in [-0.1, -0.05) is 27.7 Å². The lowest BCUT2D eigenvalue weighted by atomic mass is 10.2. The average Bonchev–Trinajstić information content (AvgIpc) is 1.89. The third-order valence-electron chi connectivity index (χ3n) is 0.566. The maximum absolute atomic E-state index is 6.89. The predicted molar refractivity (Wildman–Crippen MR) is 48.1 cm³/mol. The Morgan fingerprint density at radius 3 is 1.90 bits per heavy atom. The highest BCUT2D eigenvalue weighted by Crippen LogP contribution is 1.84. The Kier molecular flexibility index (Phi) is 10.1. The van der Waals surface area contributed by atoms with Gasteiger partial charge < -0.3 is 0 Å². The molecule has 10 heavy (non-hydrogen) atoms. The number of aliphatic imine (C=N–C) groups is 1. The molecule has 0 aromatic carbocycles. The lowest BCUT2D eigenvalue weighted by Crippen LogP contribution is -1.90. The Morgan fingerprint density at radius 2 is 1.80 bits per heavy atom. The second-order valence-electron chi connectivity index (χ2n) is 2.11. The molecule has 0 aromatic rings. The number of hydrogen-bond donors (Lipinski definition) is 1. The molecule has 0 saturated heterocycles. The summed E-state index contributed by atoms with van der Waals surface area (Å²) in [5.74, 6) is 0.828. The summed E-state index contributed by atoms with van der Waals surface area (Å²) in [5, 5.41) is 6.89. The molecular formula is C8H18N2. The third kappa shape index (κ3) is 15.7. The molecule has 0 atom stereocenters. The number of nitrogens with one attached hydrogen (secondary N) is 1.